The molecule has 0 spiro atoms. The van der Waals surface area contributed by atoms with Crippen molar-refractivity contribution < 1.29 is 18.4 Å². The van der Waals surface area contributed by atoms with E-state index < -0.39 is 5.82 Å². The number of halogens is 1. The van der Waals surface area contributed by atoms with Gasteiger partial charge in [0.25, 0.3) is 5.91 Å². The maximum absolute atomic E-state index is 13.8. The molecule has 2 saturated heterocycles. The van der Waals surface area contributed by atoms with Gasteiger partial charge in [-0.2, -0.15) is 0 Å². The molecule has 1 saturated carbocycles. The molecule has 3 atom stereocenters. The maximum atomic E-state index is 13.8. The summed E-state index contributed by atoms with van der Waals surface area (Å²) in [5, 5.41) is 0.454. The number of fused-ring (bicyclic) bond motifs is 6. The number of carbonyl (C=O) groups is 2. The summed E-state index contributed by atoms with van der Waals surface area (Å²) in [7, 11) is 0. The first-order valence-corrected chi connectivity index (χ1v) is 7.49. The fraction of sp³-hybridized carbons (Fsp3) is 0.375. The van der Waals surface area contributed by atoms with E-state index in [1.165, 1.54) is 17.2 Å². The third-order valence-corrected chi connectivity index (χ3v) is 5.24. The number of urea groups is 1. The molecule has 2 bridgehead atoms. The van der Waals surface area contributed by atoms with Crippen molar-refractivity contribution in [3.63, 3.8) is 0 Å². The van der Waals surface area contributed by atoms with E-state index in [1.54, 1.807) is 17.0 Å². The largest absolute Gasteiger partial charge is 0.459 e. The van der Waals surface area contributed by atoms with Crippen LogP contribution in [0, 0.1) is 11.7 Å². The predicted octanol–water partition coefficient (Wildman–Crippen LogP) is 2.89. The number of rotatable bonds is 1. The summed E-state index contributed by atoms with van der Waals surface area (Å²) in [6.07, 6.45) is 4.19. The van der Waals surface area contributed by atoms with Gasteiger partial charge < -0.3 is 9.32 Å². The molecular formula is C16H13FN2O3. The molecule has 3 fully saturated rings. The summed E-state index contributed by atoms with van der Waals surface area (Å²) >= 11 is 0. The Balaban J connectivity index is 1.65. The van der Waals surface area contributed by atoms with Gasteiger partial charge in [-0.25, -0.2) is 14.1 Å². The first-order valence-electron chi connectivity index (χ1n) is 7.49. The van der Waals surface area contributed by atoms with Crippen LogP contribution in [0.15, 0.2) is 28.9 Å². The third-order valence-electron chi connectivity index (χ3n) is 5.24. The molecule has 2 aromatic rings. The Labute approximate surface area is 125 Å². The van der Waals surface area contributed by atoms with Gasteiger partial charge in [-0.1, -0.05) is 6.07 Å². The van der Waals surface area contributed by atoms with Crippen molar-refractivity contribution in [2.75, 3.05) is 4.90 Å². The van der Waals surface area contributed by atoms with Gasteiger partial charge in [-0.3, -0.25) is 4.79 Å². The van der Waals surface area contributed by atoms with Crippen LogP contribution < -0.4 is 4.90 Å². The standard InChI is InChI=1S/C16H13FN2O3/c17-11-3-1-2-10-12(7-22-14(10)11)19-15(20)13-8-4-5-9(6-8)18(13)16(19)21/h1-3,7-9,13H,4-6H2/t8-,9+,13+/m1/s1. The zero-order valence-corrected chi connectivity index (χ0v) is 11.7. The van der Waals surface area contributed by atoms with Gasteiger partial charge >= 0.3 is 6.03 Å². The Kier molecular flexibility index (Phi) is 2.15. The van der Waals surface area contributed by atoms with Crippen LogP contribution in [0.5, 0.6) is 0 Å². The topological polar surface area (TPSA) is 53.8 Å². The number of benzene rings is 1. The highest BCUT2D eigenvalue weighted by Gasteiger charge is 2.59. The van der Waals surface area contributed by atoms with E-state index in [1.807, 2.05) is 0 Å². The summed E-state index contributed by atoms with van der Waals surface area (Å²) < 4.78 is 19.0. The van der Waals surface area contributed by atoms with Crippen LogP contribution in [-0.4, -0.2) is 28.9 Å². The molecule has 6 heteroatoms. The molecule has 5 nitrogen and oxygen atoms in total. The fourth-order valence-electron chi connectivity index (χ4n) is 4.33. The number of imide groups is 1. The highest BCUT2D eigenvalue weighted by molar-refractivity contribution is 6.24. The van der Waals surface area contributed by atoms with Crippen molar-refractivity contribution in [2.45, 2.75) is 31.3 Å². The second-order valence-corrected chi connectivity index (χ2v) is 6.27. The van der Waals surface area contributed by atoms with Crippen molar-refractivity contribution in [2.24, 2.45) is 5.92 Å². The van der Waals surface area contributed by atoms with Crippen LogP contribution in [0.2, 0.25) is 0 Å². The number of hydrogen-bond donors (Lipinski definition) is 0. The van der Waals surface area contributed by atoms with Crippen LogP contribution in [0.4, 0.5) is 14.9 Å². The molecule has 22 heavy (non-hydrogen) atoms. The second kappa shape index (κ2) is 3.88. The highest BCUT2D eigenvalue weighted by Crippen LogP contribution is 2.48. The first kappa shape index (κ1) is 12.2. The molecule has 3 heterocycles. The number of amides is 3. The summed E-state index contributed by atoms with van der Waals surface area (Å²) in [6, 6.07) is 4.04. The summed E-state index contributed by atoms with van der Waals surface area (Å²) in [5.41, 5.74) is 0.423. The minimum atomic E-state index is -0.497. The fourth-order valence-corrected chi connectivity index (χ4v) is 4.33. The minimum absolute atomic E-state index is 0.0770. The molecule has 1 aromatic carbocycles. The van der Waals surface area contributed by atoms with Crippen LogP contribution in [-0.2, 0) is 4.79 Å². The van der Waals surface area contributed by atoms with E-state index in [-0.39, 0.29) is 35.5 Å². The number of hydrogen-bond acceptors (Lipinski definition) is 3. The summed E-state index contributed by atoms with van der Waals surface area (Å²) in [4.78, 5) is 28.3. The minimum Gasteiger partial charge on any atom is -0.459 e. The van der Waals surface area contributed by atoms with E-state index in [0.29, 0.717) is 11.1 Å². The molecule has 0 N–H and O–H groups in total. The monoisotopic (exact) mass is 300 g/mol. The van der Waals surface area contributed by atoms with Crippen LogP contribution in [0.3, 0.4) is 0 Å². The Hall–Kier alpha value is -2.37. The number of carbonyl (C=O) groups excluding carboxylic acids is 2. The molecule has 2 aliphatic heterocycles. The molecule has 0 radical (unpaired) electrons. The van der Waals surface area contributed by atoms with Gasteiger partial charge in [-0.15, -0.1) is 0 Å². The van der Waals surface area contributed by atoms with Crippen molar-refractivity contribution in [3.8, 4) is 0 Å². The molecule has 3 amide bonds. The molecule has 3 aliphatic rings. The Morgan fingerprint density at radius 2 is 2.09 bits per heavy atom. The predicted molar refractivity (Wildman–Crippen MR) is 75.8 cm³/mol. The smallest absolute Gasteiger partial charge is 0.332 e. The van der Waals surface area contributed by atoms with Gasteiger partial charge in [0.2, 0.25) is 0 Å². The van der Waals surface area contributed by atoms with Gasteiger partial charge in [0.15, 0.2) is 11.4 Å². The van der Waals surface area contributed by atoms with Crippen LogP contribution in [0.25, 0.3) is 11.0 Å². The third kappa shape index (κ3) is 1.28. The van der Waals surface area contributed by atoms with Crippen molar-refractivity contribution in [3.05, 3.63) is 30.3 Å². The maximum Gasteiger partial charge on any atom is 0.332 e. The molecule has 0 unspecified atom stereocenters. The van der Waals surface area contributed by atoms with E-state index in [4.69, 9.17) is 4.42 Å². The van der Waals surface area contributed by atoms with Crippen molar-refractivity contribution in [1.82, 2.24) is 4.90 Å². The molecular weight excluding hydrogens is 287 g/mol. The summed E-state index contributed by atoms with van der Waals surface area (Å²) in [6.45, 7) is 0. The lowest BCUT2D eigenvalue weighted by atomic mass is 9.99. The normalized spacial score (nSPS) is 30.0. The van der Waals surface area contributed by atoms with Crippen LogP contribution in [0.1, 0.15) is 19.3 Å². The van der Waals surface area contributed by atoms with Gasteiger partial charge in [0, 0.05) is 11.4 Å². The van der Waals surface area contributed by atoms with E-state index in [0.717, 1.165) is 19.3 Å². The average Bonchev–Trinajstić information content (AvgIpc) is 3.23. The lowest BCUT2D eigenvalue weighted by molar-refractivity contribution is -0.120. The van der Waals surface area contributed by atoms with E-state index in [2.05, 4.69) is 0 Å². The Bertz CT molecular complexity index is 802. The van der Waals surface area contributed by atoms with Gasteiger partial charge in [-0.05, 0) is 37.3 Å². The number of anilines is 1. The van der Waals surface area contributed by atoms with Gasteiger partial charge in [0.05, 0.1) is 5.69 Å². The lowest BCUT2D eigenvalue weighted by Gasteiger charge is -2.25. The molecule has 5 rings (SSSR count). The number of nitrogens with zero attached hydrogens (tertiary/aromatic N) is 2. The zero-order chi connectivity index (χ0) is 15.0. The first-order chi connectivity index (χ1) is 10.7. The lowest BCUT2D eigenvalue weighted by Crippen LogP contribution is -2.40. The number of para-hydroxylation sites is 1. The average molecular weight is 300 g/mol. The second-order valence-electron chi connectivity index (χ2n) is 6.27. The summed E-state index contributed by atoms with van der Waals surface area (Å²) in [5.74, 6) is -0.436. The SMILES string of the molecule is O=C1[C@@H]2[C@@H]3CC[C@@H](C3)N2C(=O)N1c1coc2c(F)cccc12. The Morgan fingerprint density at radius 3 is 2.91 bits per heavy atom. The molecule has 112 valence electrons. The van der Waals surface area contributed by atoms with E-state index in [9.17, 15) is 14.0 Å². The number of piperidine rings is 1. The quantitative estimate of drug-likeness (QED) is 0.761. The van der Waals surface area contributed by atoms with E-state index >= 15 is 0 Å². The number of furan rings is 1. The van der Waals surface area contributed by atoms with Crippen molar-refractivity contribution in [1.29, 1.82) is 0 Å². The zero-order valence-electron chi connectivity index (χ0n) is 11.7. The molecule has 1 aliphatic carbocycles. The Morgan fingerprint density at radius 1 is 1.23 bits per heavy atom. The van der Waals surface area contributed by atoms with Gasteiger partial charge in [0.1, 0.15) is 12.3 Å². The van der Waals surface area contributed by atoms with Crippen LogP contribution >= 0.6 is 0 Å². The highest BCUT2D eigenvalue weighted by atomic mass is 19.1. The molecule has 1 aromatic heterocycles. The van der Waals surface area contributed by atoms with Crippen molar-refractivity contribution >= 4 is 28.6 Å².